The van der Waals surface area contributed by atoms with Crippen LogP contribution in [-0.4, -0.2) is 61.5 Å². The first-order valence-corrected chi connectivity index (χ1v) is 9.10. The third kappa shape index (κ3) is 4.37. The summed E-state index contributed by atoms with van der Waals surface area (Å²) < 4.78 is 20.0. The molecule has 8 heteroatoms. The van der Waals surface area contributed by atoms with E-state index < -0.39 is 18.0 Å². The van der Waals surface area contributed by atoms with Crippen molar-refractivity contribution in [3.8, 4) is 0 Å². The van der Waals surface area contributed by atoms with Gasteiger partial charge in [-0.25, -0.2) is 4.39 Å². The summed E-state index contributed by atoms with van der Waals surface area (Å²) >= 11 is 0. The average molecular weight is 377 g/mol. The normalized spacial score (nSPS) is 22.6. The number of cyclic esters (lactones) is 1. The maximum atomic E-state index is 14.7. The van der Waals surface area contributed by atoms with Gasteiger partial charge in [-0.2, -0.15) is 0 Å². The highest BCUT2D eigenvalue weighted by Gasteiger charge is 2.36. The van der Waals surface area contributed by atoms with Crippen molar-refractivity contribution in [3.05, 3.63) is 29.6 Å². The van der Waals surface area contributed by atoms with E-state index in [1.807, 2.05) is 4.90 Å². The van der Waals surface area contributed by atoms with Crippen molar-refractivity contribution in [2.75, 3.05) is 37.6 Å². The lowest BCUT2D eigenvalue weighted by Gasteiger charge is -2.35. The Bertz CT molecular complexity index is 746. The minimum Gasteiger partial charge on any atom is -0.460 e. The molecular weight excluding hydrogens is 353 g/mol. The van der Waals surface area contributed by atoms with Crippen molar-refractivity contribution in [1.82, 2.24) is 10.2 Å². The van der Waals surface area contributed by atoms with Gasteiger partial charge in [-0.15, -0.1) is 0 Å². The quantitative estimate of drug-likeness (QED) is 0.793. The highest BCUT2D eigenvalue weighted by atomic mass is 19.1. The Kier molecular flexibility index (Phi) is 5.62. The molecule has 146 valence electrons. The van der Waals surface area contributed by atoms with Gasteiger partial charge in [-0.05, 0) is 17.7 Å². The lowest BCUT2D eigenvalue weighted by atomic mass is 9.95. The molecule has 0 aliphatic carbocycles. The molecule has 2 atom stereocenters. The van der Waals surface area contributed by atoms with Crippen LogP contribution in [0.5, 0.6) is 0 Å². The molecule has 3 rings (SSSR count). The fraction of sp³-hybridized carbons (Fsp3) is 0.526. The zero-order chi connectivity index (χ0) is 19.6. The first-order chi connectivity index (χ1) is 12.8. The number of amides is 2. The maximum absolute atomic E-state index is 14.7. The Labute approximate surface area is 157 Å². The molecule has 1 N–H and O–H groups in total. The molecule has 0 spiro atoms. The zero-order valence-corrected chi connectivity index (χ0v) is 15.5. The molecule has 2 fully saturated rings. The molecule has 7 nitrogen and oxygen atoms in total. The summed E-state index contributed by atoms with van der Waals surface area (Å²) in [4.78, 5) is 38.2. The van der Waals surface area contributed by atoms with Gasteiger partial charge in [0.1, 0.15) is 11.9 Å². The average Bonchev–Trinajstić information content (AvgIpc) is 3.01. The van der Waals surface area contributed by atoms with E-state index in [1.165, 1.54) is 19.9 Å². The minimum absolute atomic E-state index is 0.0269. The molecule has 2 saturated heterocycles. The Morgan fingerprint density at radius 2 is 1.93 bits per heavy atom. The van der Waals surface area contributed by atoms with Crippen molar-refractivity contribution in [3.63, 3.8) is 0 Å². The molecule has 1 unspecified atom stereocenters. The number of carbonyl (C=O) groups is 3. The van der Waals surface area contributed by atoms with E-state index in [0.29, 0.717) is 43.9 Å². The number of anilines is 1. The van der Waals surface area contributed by atoms with Crippen LogP contribution in [0, 0.1) is 5.82 Å². The van der Waals surface area contributed by atoms with Crippen LogP contribution in [0.2, 0.25) is 0 Å². The van der Waals surface area contributed by atoms with Crippen molar-refractivity contribution in [1.29, 1.82) is 0 Å². The number of carbonyl (C=O) groups excluding carboxylic acids is 3. The van der Waals surface area contributed by atoms with Gasteiger partial charge in [0.25, 0.3) is 0 Å². The first-order valence-electron chi connectivity index (χ1n) is 9.10. The van der Waals surface area contributed by atoms with Crippen LogP contribution in [-0.2, 0) is 19.1 Å². The second-order valence-corrected chi connectivity index (χ2v) is 6.99. The largest absolute Gasteiger partial charge is 0.460 e. The third-order valence-corrected chi connectivity index (χ3v) is 5.08. The summed E-state index contributed by atoms with van der Waals surface area (Å²) in [7, 11) is 0. The zero-order valence-electron chi connectivity index (χ0n) is 15.5. The van der Waals surface area contributed by atoms with E-state index in [1.54, 1.807) is 17.0 Å². The van der Waals surface area contributed by atoms with Gasteiger partial charge >= 0.3 is 5.97 Å². The fourth-order valence-electron chi connectivity index (χ4n) is 3.57. The van der Waals surface area contributed by atoms with Crippen LogP contribution in [0.25, 0.3) is 0 Å². The number of halogens is 1. The number of hydrogen-bond donors (Lipinski definition) is 1. The maximum Gasteiger partial charge on any atom is 0.313 e. The topological polar surface area (TPSA) is 79.0 Å². The minimum atomic E-state index is -0.526. The number of benzene rings is 1. The van der Waals surface area contributed by atoms with Gasteiger partial charge in [-0.1, -0.05) is 6.07 Å². The van der Waals surface area contributed by atoms with Crippen molar-refractivity contribution in [2.45, 2.75) is 32.3 Å². The molecule has 0 bridgehead atoms. The SMILES string of the molecule is CC(=O)NC[C@H]1CC(c2ccc(N3CCN(C(C)=O)CC3)c(F)c2)C(=O)O1. The molecule has 2 heterocycles. The molecule has 2 aliphatic heterocycles. The van der Waals surface area contributed by atoms with Crippen LogP contribution in [0.3, 0.4) is 0 Å². The number of ether oxygens (including phenoxy) is 1. The van der Waals surface area contributed by atoms with E-state index >= 15 is 0 Å². The predicted octanol–water partition coefficient (Wildman–Crippen LogP) is 1.03. The first kappa shape index (κ1) is 19.1. The number of hydrogen-bond acceptors (Lipinski definition) is 5. The van der Waals surface area contributed by atoms with Crippen molar-refractivity contribution in [2.24, 2.45) is 0 Å². The standard InChI is InChI=1S/C19H24FN3O4/c1-12(24)21-11-15-10-16(19(26)27-15)14-3-4-18(17(20)9-14)23-7-5-22(6-8-23)13(2)25/h3-4,9,15-16H,5-8,10-11H2,1-2H3,(H,21,24)/t15-,16?/m1/s1. The van der Waals surface area contributed by atoms with Crippen LogP contribution in [0.1, 0.15) is 31.7 Å². The fourth-order valence-corrected chi connectivity index (χ4v) is 3.57. The highest BCUT2D eigenvalue weighted by molar-refractivity contribution is 5.81. The number of nitrogens with zero attached hydrogens (tertiary/aromatic N) is 2. The number of nitrogens with one attached hydrogen (secondary N) is 1. The van der Waals surface area contributed by atoms with Crippen LogP contribution in [0.4, 0.5) is 10.1 Å². The second-order valence-electron chi connectivity index (χ2n) is 6.99. The molecule has 0 aromatic heterocycles. The third-order valence-electron chi connectivity index (χ3n) is 5.08. The Balaban J connectivity index is 1.66. The molecule has 1 aromatic rings. The molecule has 2 aliphatic rings. The van der Waals surface area contributed by atoms with E-state index in [9.17, 15) is 18.8 Å². The number of rotatable bonds is 4. The Hall–Kier alpha value is -2.64. The molecule has 0 radical (unpaired) electrons. The molecule has 0 saturated carbocycles. The van der Waals surface area contributed by atoms with Crippen LogP contribution < -0.4 is 10.2 Å². The lowest BCUT2D eigenvalue weighted by molar-refractivity contribution is -0.142. The van der Waals surface area contributed by atoms with E-state index in [4.69, 9.17) is 4.74 Å². The number of esters is 1. The highest BCUT2D eigenvalue weighted by Crippen LogP contribution is 2.33. The smallest absolute Gasteiger partial charge is 0.313 e. The van der Waals surface area contributed by atoms with Gasteiger partial charge in [-0.3, -0.25) is 14.4 Å². The van der Waals surface area contributed by atoms with Gasteiger partial charge in [0.2, 0.25) is 11.8 Å². The summed E-state index contributed by atoms with van der Waals surface area (Å²) in [6.07, 6.45) is 0.0173. The van der Waals surface area contributed by atoms with Gasteiger partial charge in [0, 0.05) is 46.4 Å². The van der Waals surface area contributed by atoms with Gasteiger partial charge < -0.3 is 19.9 Å². The summed E-state index contributed by atoms with van der Waals surface area (Å²) in [5.41, 5.74) is 1.05. The summed E-state index contributed by atoms with van der Waals surface area (Å²) in [6, 6.07) is 4.82. The van der Waals surface area contributed by atoms with Crippen molar-refractivity contribution < 1.29 is 23.5 Å². The lowest BCUT2D eigenvalue weighted by Crippen LogP contribution is -2.48. The Morgan fingerprint density at radius 3 is 2.52 bits per heavy atom. The van der Waals surface area contributed by atoms with E-state index in [2.05, 4.69) is 5.32 Å². The molecule has 1 aromatic carbocycles. The van der Waals surface area contributed by atoms with Crippen LogP contribution >= 0.6 is 0 Å². The monoisotopic (exact) mass is 377 g/mol. The van der Waals surface area contributed by atoms with Crippen LogP contribution in [0.15, 0.2) is 18.2 Å². The molecular formula is C19H24FN3O4. The number of piperazine rings is 1. The van der Waals surface area contributed by atoms with E-state index in [0.717, 1.165) is 0 Å². The summed E-state index contributed by atoms with van der Waals surface area (Å²) in [5, 5.41) is 2.63. The van der Waals surface area contributed by atoms with Gasteiger partial charge in [0.15, 0.2) is 0 Å². The second kappa shape index (κ2) is 7.94. The van der Waals surface area contributed by atoms with E-state index in [-0.39, 0.29) is 24.2 Å². The Morgan fingerprint density at radius 1 is 1.22 bits per heavy atom. The predicted molar refractivity (Wildman–Crippen MR) is 96.8 cm³/mol. The molecule has 27 heavy (non-hydrogen) atoms. The molecule has 2 amide bonds. The summed E-state index contributed by atoms with van der Waals surface area (Å²) in [6.45, 7) is 5.47. The van der Waals surface area contributed by atoms with Crippen molar-refractivity contribution >= 4 is 23.5 Å². The summed E-state index contributed by atoms with van der Waals surface area (Å²) in [5.74, 6) is -1.47. The van der Waals surface area contributed by atoms with Gasteiger partial charge in [0.05, 0.1) is 18.2 Å².